The van der Waals surface area contributed by atoms with E-state index in [1.807, 2.05) is 18.1 Å². The van der Waals surface area contributed by atoms with E-state index in [0.29, 0.717) is 0 Å². The minimum absolute atomic E-state index is 1.14. The third kappa shape index (κ3) is 1.08. The highest BCUT2D eigenvalue weighted by Gasteiger charge is 2.06. The van der Waals surface area contributed by atoms with E-state index in [0.717, 1.165) is 11.8 Å². The first-order valence-corrected chi connectivity index (χ1v) is 5.30. The molecule has 1 aromatic heterocycles. The third-order valence-electron chi connectivity index (χ3n) is 2.18. The second kappa shape index (κ2) is 2.98. The standard InChI is InChI=1S/C9H12N2S/c1-11-6-10-7-4-3-5-8(12-2)9(7)11/h4,6H,3,5H2,1-2H3. The summed E-state index contributed by atoms with van der Waals surface area (Å²) in [4.78, 5) is 5.79. The number of aromatic nitrogens is 2. The Labute approximate surface area is 76.0 Å². The monoisotopic (exact) mass is 180 g/mol. The fraction of sp³-hybridized carbons (Fsp3) is 0.444. The molecule has 0 unspecified atom stereocenters. The summed E-state index contributed by atoms with van der Waals surface area (Å²) in [7, 11) is 2.06. The van der Waals surface area contributed by atoms with Gasteiger partial charge in [-0.1, -0.05) is 6.08 Å². The second-order valence-electron chi connectivity index (χ2n) is 2.96. The predicted molar refractivity (Wildman–Crippen MR) is 53.1 cm³/mol. The molecule has 0 aliphatic heterocycles. The Bertz CT molecular complexity index is 403. The molecule has 0 N–H and O–H groups in total. The maximum absolute atomic E-state index is 4.33. The van der Waals surface area contributed by atoms with E-state index in [4.69, 9.17) is 0 Å². The number of imidazole rings is 1. The smallest absolute Gasteiger partial charge is 0.0955 e. The van der Waals surface area contributed by atoms with Crippen LogP contribution in [0.2, 0.25) is 0 Å². The van der Waals surface area contributed by atoms with Crippen molar-refractivity contribution in [3.63, 3.8) is 0 Å². The van der Waals surface area contributed by atoms with Crippen LogP contribution < -0.4 is 10.7 Å². The van der Waals surface area contributed by atoms with Gasteiger partial charge in [0.2, 0.25) is 0 Å². The van der Waals surface area contributed by atoms with E-state index < -0.39 is 0 Å². The third-order valence-corrected chi connectivity index (χ3v) is 3.08. The molecule has 12 heavy (non-hydrogen) atoms. The number of fused-ring (bicyclic) bond motifs is 1. The van der Waals surface area contributed by atoms with Crippen LogP contribution in [0.15, 0.2) is 6.33 Å². The highest BCUT2D eigenvalue weighted by molar-refractivity contribution is 8.07. The molecule has 1 aromatic rings. The number of nitrogens with zero attached hydrogens (tertiary/aromatic N) is 2. The zero-order chi connectivity index (χ0) is 8.55. The molecule has 0 saturated heterocycles. The largest absolute Gasteiger partial charge is 0.333 e. The average molecular weight is 180 g/mol. The van der Waals surface area contributed by atoms with Crippen molar-refractivity contribution >= 4 is 22.7 Å². The minimum Gasteiger partial charge on any atom is -0.333 e. The van der Waals surface area contributed by atoms with Crippen molar-refractivity contribution in [1.29, 1.82) is 0 Å². The van der Waals surface area contributed by atoms with Gasteiger partial charge in [-0.2, -0.15) is 0 Å². The SMILES string of the molecule is CSC1=c2c(ncn2C)=CCC1. The van der Waals surface area contributed by atoms with Crippen LogP contribution in [0.4, 0.5) is 0 Å². The van der Waals surface area contributed by atoms with Crippen LogP contribution in [0.1, 0.15) is 12.8 Å². The first kappa shape index (κ1) is 7.92. The lowest BCUT2D eigenvalue weighted by molar-refractivity contribution is 0.870. The van der Waals surface area contributed by atoms with Crippen molar-refractivity contribution in [2.75, 3.05) is 6.26 Å². The van der Waals surface area contributed by atoms with Crippen molar-refractivity contribution in [1.82, 2.24) is 9.55 Å². The van der Waals surface area contributed by atoms with Crippen molar-refractivity contribution in [3.05, 3.63) is 17.0 Å². The quantitative estimate of drug-likeness (QED) is 0.625. The molecule has 2 nitrogen and oxygen atoms in total. The van der Waals surface area contributed by atoms with Crippen molar-refractivity contribution in [3.8, 4) is 0 Å². The number of rotatable bonds is 1. The summed E-state index contributed by atoms with van der Waals surface area (Å²) in [6.07, 6.45) is 8.56. The average Bonchev–Trinajstić information content (AvgIpc) is 2.48. The van der Waals surface area contributed by atoms with Gasteiger partial charge in [-0.15, -0.1) is 11.8 Å². The fourth-order valence-electron chi connectivity index (χ4n) is 1.59. The molecular formula is C9H12N2S. The summed E-state index contributed by atoms with van der Waals surface area (Å²) in [6.45, 7) is 0. The normalized spacial score (nSPS) is 15.7. The molecule has 0 bridgehead atoms. The van der Waals surface area contributed by atoms with Gasteiger partial charge >= 0.3 is 0 Å². The fourth-order valence-corrected chi connectivity index (χ4v) is 2.36. The van der Waals surface area contributed by atoms with Gasteiger partial charge in [-0.05, 0) is 19.1 Å². The Morgan fingerprint density at radius 2 is 2.42 bits per heavy atom. The Kier molecular flexibility index (Phi) is 1.97. The maximum Gasteiger partial charge on any atom is 0.0955 e. The lowest BCUT2D eigenvalue weighted by atomic mass is 10.2. The predicted octanol–water partition coefficient (Wildman–Crippen LogP) is 0.466. The molecule has 0 aromatic carbocycles. The van der Waals surface area contributed by atoms with Crippen LogP contribution in [-0.2, 0) is 7.05 Å². The summed E-state index contributed by atoms with van der Waals surface area (Å²) < 4.78 is 2.11. The summed E-state index contributed by atoms with van der Waals surface area (Å²) >= 11 is 1.84. The van der Waals surface area contributed by atoms with Crippen LogP contribution >= 0.6 is 11.8 Å². The molecule has 0 atom stereocenters. The molecule has 0 fully saturated rings. The summed E-state index contributed by atoms with van der Waals surface area (Å²) in [5.41, 5.74) is 0. The highest BCUT2D eigenvalue weighted by atomic mass is 32.2. The van der Waals surface area contributed by atoms with E-state index in [1.165, 1.54) is 16.7 Å². The molecule has 2 rings (SSSR count). The van der Waals surface area contributed by atoms with Crippen molar-refractivity contribution < 1.29 is 0 Å². The van der Waals surface area contributed by atoms with Crippen molar-refractivity contribution in [2.45, 2.75) is 12.8 Å². The Morgan fingerprint density at radius 1 is 1.58 bits per heavy atom. The van der Waals surface area contributed by atoms with E-state index in [-0.39, 0.29) is 0 Å². The maximum atomic E-state index is 4.33. The molecule has 0 spiro atoms. The first-order chi connectivity index (χ1) is 5.83. The molecular weight excluding hydrogens is 168 g/mol. The zero-order valence-corrected chi connectivity index (χ0v) is 8.19. The van der Waals surface area contributed by atoms with E-state index >= 15 is 0 Å². The molecule has 0 amide bonds. The van der Waals surface area contributed by atoms with Crippen LogP contribution in [0, 0.1) is 0 Å². The highest BCUT2D eigenvalue weighted by Crippen LogP contribution is 2.18. The number of hydrogen-bond donors (Lipinski definition) is 0. The molecule has 1 heterocycles. The number of thioether (sulfide) groups is 1. The lowest BCUT2D eigenvalue weighted by Crippen LogP contribution is -2.32. The van der Waals surface area contributed by atoms with Crippen LogP contribution in [0.5, 0.6) is 0 Å². The van der Waals surface area contributed by atoms with Gasteiger partial charge in [0.05, 0.1) is 17.0 Å². The summed E-state index contributed by atoms with van der Waals surface area (Å²) in [5, 5.41) is 2.47. The van der Waals surface area contributed by atoms with Gasteiger partial charge in [0.1, 0.15) is 0 Å². The van der Waals surface area contributed by atoms with E-state index in [9.17, 15) is 0 Å². The van der Waals surface area contributed by atoms with Gasteiger partial charge in [0.15, 0.2) is 0 Å². The van der Waals surface area contributed by atoms with Crippen LogP contribution in [-0.4, -0.2) is 15.8 Å². The van der Waals surface area contributed by atoms with E-state index in [1.54, 1.807) is 0 Å². The summed E-state index contributed by atoms with van der Waals surface area (Å²) in [5.74, 6) is 0. The first-order valence-electron chi connectivity index (χ1n) is 4.07. The van der Waals surface area contributed by atoms with Gasteiger partial charge in [-0.25, -0.2) is 4.98 Å². The second-order valence-corrected chi connectivity index (χ2v) is 3.86. The van der Waals surface area contributed by atoms with E-state index in [2.05, 4.69) is 28.9 Å². The molecule has 0 radical (unpaired) electrons. The van der Waals surface area contributed by atoms with Crippen LogP contribution in [0.3, 0.4) is 0 Å². The van der Waals surface area contributed by atoms with Gasteiger partial charge in [0.25, 0.3) is 0 Å². The number of hydrogen-bond acceptors (Lipinski definition) is 2. The van der Waals surface area contributed by atoms with Gasteiger partial charge < -0.3 is 4.57 Å². The van der Waals surface area contributed by atoms with Crippen molar-refractivity contribution in [2.24, 2.45) is 7.05 Å². The minimum atomic E-state index is 1.14. The Morgan fingerprint density at radius 3 is 3.17 bits per heavy atom. The Hall–Kier alpha value is -0.700. The molecule has 1 aliphatic carbocycles. The molecule has 0 saturated carbocycles. The van der Waals surface area contributed by atoms with Gasteiger partial charge in [0, 0.05) is 12.0 Å². The lowest BCUT2D eigenvalue weighted by Gasteiger charge is -2.05. The molecule has 1 aliphatic rings. The summed E-state index contributed by atoms with van der Waals surface area (Å²) in [6, 6.07) is 0. The Balaban J connectivity index is 2.83. The molecule has 64 valence electrons. The number of aryl methyl sites for hydroxylation is 1. The van der Waals surface area contributed by atoms with Crippen LogP contribution in [0.25, 0.3) is 11.0 Å². The zero-order valence-electron chi connectivity index (χ0n) is 7.37. The molecule has 3 heteroatoms. The van der Waals surface area contributed by atoms with Gasteiger partial charge in [-0.3, -0.25) is 0 Å². The topological polar surface area (TPSA) is 17.8 Å².